The summed E-state index contributed by atoms with van der Waals surface area (Å²) in [6, 6.07) is 4.78. The number of sulfone groups is 1. The summed E-state index contributed by atoms with van der Waals surface area (Å²) in [5, 5.41) is 12.6. The standard InChI is InChI=1S/C25H26ClF3N2O5S/c26-19-4-1-13(24(33)31-16-10-20(27)23(29)21(28)11-16)7-22(19)37(35,36)18-8-14-2-3-15(9-18)25(14,34)6-5-17(32)12-30/h1,4,7,10-11,14-15,18,34H,2-3,5-6,8-9,12,30H2,(H,31,33). The van der Waals surface area contributed by atoms with Crippen LogP contribution < -0.4 is 11.1 Å². The SMILES string of the molecule is NCC(=O)CCC1(O)C2CCC1CC(S(=O)(=O)c1cc(C(=O)Nc3cc(F)c(F)c(F)c3)ccc1Cl)C2. The normalized spacial score (nSPS) is 25.2. The number of fused-ring (bicyclic) bond motifs is 2. The fourth-order valence-corrected chi connectivity index (χ4v) is 7.99. The number of ketones is 1. The summed E-state index contributed by atoms with van der Waals surface area (Å²) >= 11 is 6.22. The van der Waals surface area contributed by atoms with Gasteiger partial charge >= 0.3 is 0 Å². The van der Waals surface area contributed by atoms with Gasteiger partial charge in [-0.3, -0.25) is 9.59 Å². The van der Waals surface area contributed by atoms with Crippen molar-refractivity contribution in [2.75, 3.05) is 11.9 Å². The number of Topliss-reactive ketones (excluding diaryl/α,β-unsaturated/α-hetero) is 1. The van der Waals surface area contributed by atoms with Crippen LogP contribution in [0.1, 0.15) is 48.9 Å². The van der Waals surface area contributed by atoms with Gasteiger partial charge in [-0.1, -0.05) is 11.6 Å². The second-order valence-electron chi connectivity index (χ2n) is 9.70. The van der Waals surface area contributed by atoms with Crippen molar-refractivity contribution in [1.29, 1.82) is 0 Å². The van der Waals surface area contributed by atoms with Crippen molar-refractivity contribution >= 4 is 38.8 Å². The third-order valence-corrected chi connectivity index (χ3v) is 10.2. The van der Waals surface area contributed by atoms with Crippen molar-refractivity contribution in [3.05, 3.63) is 58.4 Å². The molecule has 200 valence electrons. The molecule has 2 aromatic carbocycles. The Labute approximate surface area is 217 Å². The number of hydrogen-bond acceptors (Lipinski definition) is 6. The van der Waals surface area contributed by atoms with Gasteiger partial charge in [0.05, 0.1) is 27.3 Å². The Morgan fingerprint density at radius 2 is 1.68 bits per heavy atom. The van der Waals surface area contributed by atoms with Crippen molar-refractivity contribution in [2.45, 2.75) is 54.3 Å². The molecule has 0 aromatic heterocycles. The van der Waals surface area contributed by atoms with E-state index in [1.165, 1.54) is 12.1 Å². The molecule has 0 heterocycles. The Morgan fingerprint density at radius 3 is 2.24 bits per heavy atom. The smallest absolute Gasteiger partial charge is 0.255 e. The lowest BCUT2D eigenvalue weighted by molar-refractivity contribution is -0.121. The number of anilines is 1. The van der Waals surface area contributed by atoms with E-state index in [0.29, 0.717) is 25.0 Å². The fraction of sp³-hybridized carbons (Fsp3) is 0.440. The van der Waals surface area contributed by atoms with E-state index in [1.54, 1.807) is 0 Å². The number of amides is 1. The first-order valence-electron chi connectivity index (χ1n) is 11.8. The zero-order valence-electron chi connectivity index (χ0n) is 19.6. The number of hydrogen-bond donors (Lipinski definition) is 3. The van der Waals surface area contributed by atoms with Crippen molar-refractivity contribution in [3.8, 4) is 0 Å². The van der Waals surface area contributed by atoms with E-state index in [4.69, 9.17) is 17.3 Å². The Morgan fingerprint density at radius 1 is 1.08 bits per heavy atom. The first-order valence-corrected chi connectivity index (χ1v) is 13.7. The first kappa shape index (κ1) is 27.6. The minimum absolute atomic E-state index is 0.0999. The summed E-state index contributed by atoms with van der Waals surface area (Å²) in [7, 11) is -4.03. The Kier molecular flexibility index (Phi) is 7.72. The van der Waals surface area contributed by atoms with Crippen LogP contribution in [-0.4, -0.2) is 42.6 Å². The zero-order chi connectivity index (χ0) is 27.1. The summed E-state index contributed by atoms with van der Waals surface area (Å²) in [5.74, 6) is -6.34. The molecule has 2 aliphatic carbocycles. The number of rotatable bonds is 8. The summed E-state index contributed by atoms with van der Waals surface area (Å²) in [6.45, 7) is -0.115. The van der Waals surface area contributed by atoms with Gasteiger partial charge in [0.25, 0.3) is 5.91 Å². The monoisotopic (exact) mass is 558 g/mol. The predicted octanol–water partition coefficient (Wildman–Crippen LogP) is 4.01. The lowest BCUT2D eigenvalue weighted by atomic mass is 9.71. The lowest BCUT2D eigenvalue weighted by Crippen LogP contribution is -2.48. The molecule has 0 saturated heterocycles. The quantitative estimate of drug-likeness (QED) is 0.420. The molecule has 2 aromatic rings. The Hall–Kier alpha value is -2.47. The number of carbonyl (C=O) groups excluding carboxylic acids is 2. The van der Waals surface area contributed by atoms with Crippen molar-refractivity contribution < 1.29 is 36.3 Å². The maximum atomic E-state index is 13.6. The molecule has 2 bridgehead atoms. The summed E-state index contributed by atoms with van der Waals surface area (Å²) in [4.78, 5) is 24.1. The van der Waals surface area contributed by atoms with Gasteiger partial charge in [0.2, 0.25) is 0 Å². The average Bonchev–Trinajstić information content (AvgIpc) is 3.01. The minimum Gasteiger partial charge on any atom is -0.389 e. The summed E-state index contributed by atoms with van der Waals surface area (Å²) < 4.78 is 67.4. The third kappa shape index (κ3) is 5.27. The summed E-state index contributed by atoms with van der Waals surface area (Å²) in [6.07, 6.45) is 1.96. The topological polar surface area (TPSA) is 127 Å². The molecule has 2 aliphatic rings. The molecule has 37 heavy (non-hydrogen) atoms. The molecule has 2 atom stereocenters. The number of aliphatic hydroxyl groups is 1. The molecule has 4 N–H and O–H groups in total. The molecule has 0 aliphatic heterocycles. The largest absolute Gasteiger partial charge is 0.389 e. The van der Waals surface area contributed by atoms with Crippen LogP contribution >= 0.6 is 11.6 Å². The van der Waals surface area contributed by atoms with Crippen molar-refractivity contribution in [2.24, 2.45) is 17.6 Å². The van der Waals surface area contributed by atoms with E-state index in [0.717, 1.165) is 6.07 Å². The third-order valence-electron chi connectivity index (χ3n) is 7.58. The molecule has 7 nitrogen and oxygen atoms in total. The van der Waals surface area contributed by atoms with Crippen LogP contribution in [0, 0.1) is 29.3 Å². The highest BCUT2D eigenvalue weighted by atomic mass is 35.5. The van der Waals surface area contributed by atoms with Gasteiger partial charge in [0.1, 0.15) is 5.78 Å². The maximum Gasteiger partial charge on any atom is 0.255 e. The Balaban J connectivity index is 1.55. The maximum absolute atomic E-state index is 13.6. The number of halogens is 4. The van der Waals surface area contributed by atoms with Gasteiger partial charge < -0.3 is 16.2 Å². The molecule has 2 saturated carbocycles. The second-order valence-corrected chi connectivity index (χ2v) is 12.3. The summed E-state index contributed by atoms with van der Waals surface area (Å²) in [5.41, 5.74) is 3.75. The van der Waals surface area contributed by atoms with Gasteiger partial charge in [0, 0.05) is 29.8 Å². The average molecular weight is 559 g/mol. The van der Waals surface area contributed by atoms with Gasteiger partial charge in [-0.2, -0.15) is 0 Å². The van der Waals surface area contributed by atoms with E-state index >= 15 is 0 Å². The number of carbonyl (C=O) groups is 2. The van der Waals surface area contributed by atoms with E-state index in [1.807, 2.05) is 0 Å². The number of nitrogens with one attached hydrogen (secondary N) is 1. The molecular formula is C25H26ClF3N2O5S. The molecule has 2 fully saturated rings. The van der Waals surface area contributed by atoms with Gasteiger partial charge in [-0.25, -0.2) is 21.6 Å². The van der Waals surface area contributed by atoms with E-state index < -0.39 is 44.0 Å². The fourth-order valence-electron chi connectivity index (χ4n) is 5.59. The van der Waals surface area contributed by atoms with Gasteiger partial charge in [-0.15, -0.1) is 0 Å². The molecule has 0 spiro atoms. The molecule has 0 radical (unpaired) electrons. The van der Waals surface area contributed by atoms with E-state index in [2.05, 4.69) is 5.32 Å². The number of benzene rings is 2. The zero-order valence-corrected chi connectivity index (χ0v) is 21.2. The van der Waals surface area contributed by atoms with Crippen LogP contribution in [-0.2, 0) is 14.6 Å². The molecular weight excluding hydrogens is 533 g/mol. The highest BCUT2D eigenvalue weighted by Gasteiger charge is 2.55. The molecule has 12 heteroatoms. The molecule has 2 unspecified atom stereocenters. The van der Waals surface area contributed by atoms with Crippen molar-refractivity contribution in [3.63, 3.8) is 0 Å². The Bertz CT molecular complexity index is 1320. The predicted molar refractivity (Wildman–Crippen MR) is 130 cm³/mol. The van der Waals surface area contributed by atoms with Crippen LogP contribution in [0.5, 0.6) is 0 Å². The van der Waals surface area contributed by atoms with Crippen LogP contribution in [0.25, 0.3) is 0 Å². The molecule has 4 rings (SSSR count). The lowest BCUT2D eigenvalue weighted by Gasteiger charge is -2.42. The highest BCUT2D eigenvalue weighted by molar-refractivity contribution is 7.92. The van der Waals surface area contributed by atoms with Crippen LogP contribution in [0.4, 0.5) is 18.9 Å². The van der Waals surface area contributed by atoms with Gasteiger partial charge in [-0.05, 0) is 62.1 Å². The first-order chi connectivity index (χ1) is 17.4. The van der Waals surface area contributed by atoms with Crippen LogP contribution in [0.3, 0.4) is 0 Å². The number of nitrogens with two attached hydrogens (primary N) is 1. The van der Waals surface area contributed by atoms with Crippen LogP contribution in [0.15, 0.2) is 35.2 Å². The van der Waals surface area contributed by atoms with E-state index in [9.17, 15) is 36.3 Å². The van der Waals surface area contributed by atoms with Crippen molar-refractivity contribution in [1.82, 2.24) is 0 Å². The highest BCUT2D eigenvalue weighted by Crippen LogP contribution is 2.54. The second kappa shape index (κ2) is 10.4. The van der Waals surface area contributed by atoms with E-state index in [-0.39, 0.29) is 71.0 Å². The molecule has 1 amide bonds. The van der Waals surface area contributed by atoms with Crippen LogP contribution in [0.2, 0.25) is 5.02 Å². The van der Waals surface area contributed by atoms with Gasteiger partial charge in [0.15, 0.2) is 27.3 Å². The minimum atomic E-state index is -4.03.